The zero-order valence-corrected chi connectivity index (χ0v) is 19.3. The van der Waals surface area contributed by atoms with Gasteiger partial charge in [0.15, 0.2) is 0 Å². The fourth-order valence-corrected chi connectivity index (χ4v) is 4.70. The maximum absolute atomic E-state index is 12.1. The highest BCUT2D eigenvalue weighted by Crippen LogP contribution is 2.37. The van der Waals surface area contributed by atoms with E-state index in [1.807, 2.05) is 34.1 Å². The number of rotatable bonds is 6. The lowest BCUT2D eigenvalue weighted by Gasteiger charge is -2.37. The van der Waals surface area contributed by atoms with Gasteiger partial charge in [-0.3, -0.25) is 14.9 Å². The van der Waals surface area contributed by atoms with Crippen molar-refractivity contribution >= 4 is 40.6 Å². The second-order valence-corrected chi connectivity index (χ2v) is 8.47. The van der Waals surface area contributed by atoms with Crippen molar-refractivity contribution < 1.29 is 14.5 Å². The van der Waals surface area contributed by atoms with E-state index in [4.69, 9.17) is 16.3 Å². The molecule has 33 heavy (non-hydrogen) atoms. The molecule has 0 bridgehead atoms. The van der Waals surface area contributed by atoms with E-state index >= 15 is 0 Å². The molecule has 3 heterocycles. The number of carbonyl (C=O) groups is 1. The van der Waals surface area contributed by atoms with E-state index in [1.54, 1.807) is 6.92 Å². The molecule has 11 heteroatoms. The van der Waals surface area contributed by atoms with Crippen LogP contribution in [0.5, 0.6) is 0 Å². The van der Waals surface area contributed by atoms with E-state index < -0.39 is 4.92 Å². The number of nitro groups is 1. The highest BCUT2D eigenvalue weighted by molar-refractivity contribution is 6.33. The van der Waals surface area contributed by atoms with Crippen LogP contribution in [-0.2, 0) is 9.53 Å². The molecule has 0 saturated carbocycles. The largest absolute Gasteiger partial charge is 0.466 e. The van der Waals surface area contributed by atoms with Crippen LogP contribution in [0.3, 0.4) is 0 Å². The number of anilines is 3. The number of hydrogen-bond donors (Lipinski definition) is 0. The Morgan fingerprint density at radius 1 is 1.06 bits per heavy atom. The number of ether oxygens (including phenoxy) is 1. The number of para-hydroxylation sites is 1. The van der Waals surface area contributed by atoms with Crippen molar-refractivity contribution in [1.29, 1.82) is 0 Å². The van der Waals surface area contributed by atoms with Crippen molar-refractivity contribution in [2.45, 2.75) is 19.8 Å². The predicted octanol–water partition coefficient (Wildman–Crippen LogP) is 3.14. The molecule has 1 aromatic carbocycles. The predicted molar refractivity (Wildman–Crippen MR) is 126 cm³/mol. The number of piperidine rings is 1. The summed E-state index contributed by atoms with van der Waals surface area (Å²) in [6.45, 7) is 5.63. The molecular formula is C22H27ClN6O4. The minimum absolute atomic E-state index is 0.0849. The number of nitrogens with zero attached hydrogens (tertiary/aromatic N) is 6. The smallest absolute Gasteiger partial charge is 0.353 e. The van der Waals surface area contributed by atoms with Crippen LogP contribution in [0.15, 0.2) is 30.6 Å². The van der Waals surface area contributed by atoms with Crippen LogP contribution in [0.4, 0.5) is 23.0 Å². The summed E-state index contributed by atoms with van der Waals surface area (Å²) in [6, 6.07) is 7.67. The van der Waals surface area contributed by atoms with Gasteiger partial charge in [0.1, 0.15) is 6.33 Å². The van der Waals surface area contributed by atoms with Crippen LogP contribution in [-0.4, -0.2) is 66.7 Å². The molecule has 1 aromatic heterocycles. The Kier molecular flexibility index (Phi) is 7.12. The first-order valence-electron chi connectivity index (χ1n) is 11.1. The van der Waals surface area contributed by atoms with E-state index in [1.165, 1.54) is 6.33 Å². The van der Waals surface area contributed by atoms with Crippen LogP contribution in [0.25, 0.3) is 0 Å². The molecular weight excluding hydrogens is 448 g/mol. The van der Waals surface area contributed by atoms with Crippen LogP contribution in [0.1, 0.15) is 19.8 Å². The fourth-order valence-electron chi connectivity index (χ4n) is 4.44. The SMILES string of the molecule is CCOC(=O)C1CCN(c2ncnc(N3CCN(c4ccccc4Cl)CC3)c2[N+](=O)[O-])CC1. The molecule has 4 rings (SSSR count). The van der Waals surface area contributed by atoms with Gasteiger partial charge in [0.05, 0.1) is 28.2 Å². The average molecular weight is 475 g/mol. The molecule has 2 aromatic rings. The van der Waals surface area contributed by atoms with Crippen molar-refractivity contribution in [2.75, 3.05) is 60.6 Å². The second-order valence-electron chi connectivity index (χ2n) is 8.07. The summed E-state index contributed by atoms with van der Waals surface area (Å²) in [5, 5.41) is 12.8. The van der Waals surface area contributed by atoms with E-state index in [-0.39, 0.29) is 17.6 Å². The number of halogens is 1. The van der Waals surface area contributed by atoms with Gasteiger partial charge in [-0.1, -0.05) is 23.7 Å². The maximum atomic E-state index is 12.1. The molecule has 10 nitrogen and oxygen atoms in total. The van der Waals surface area contributed by atoms with Gasteiger partial charge in [-0.25, -0.2) is 9.97 Å². The standard InChI is InChI=1S/C22H27ClN6O4/c1-2-33-22(30)16-7-9-27(10-8-16)20-19(29(31)32)21(25-15-24-20)28-13-11-26(12-14-28)18-6-4-3-5-17(18)23/h3-6,15-16H,2,7-14H2,1H3. The van der Waals surface area contributed by atoms with Crippen molar-refractivity contribution in [2.24, 2.45) is 5.92 Å². The first-order valence-corrected chi connectivity index (χ1v) is 11.5. The first-order chi connectivity index (χ1) is 16.0. The summed E-state index contributed by atoms with van der Waals surface area (Å²) in [7, 11) is 0. The molecule has 0 atom stereocenters. The number of piperazine rings is 1. The van der Waals surface area contributed by atoms with Gasteiger partial charge < -0.3 is 19.4 Å². The van der Waals surface area contributed by atoms with E-state index in [2.05, 4.69) is 14.9 Å². The van der Waals surface area contributed by atoms with Crippen LogP contribution in [0.2, 0.25) is 5.02 Å². The summed E-state index contributed by atoms with van der Waals surface area (Å²) in [6.07, 6.45) is 2.53. The monoisotopic (exact) mass is 474 g/mol. The quantitative estimate of drug-likeness (QED) is 0.354. The highest BCUT2D eigenvalue weighted by Gasteiger charge is 2.34. The highest BCUT2D eigenvalue weighted by atomic mass is 35.5. The third kappa shape index (κ3) is 4.95. The summed E-state index contributed by atoms with van der Waals surface area (Å²) in [5.74, 6) is 0.253. The lowest BCUT2D eigenvalue weighted by molar-refractivity contribution is -0.383. The Bertz CT molecular complexity index is 1010. The van der Waals surface area contributed by atoms with Gasteiger partial charge in [0, 0.05) is 39.3 Å². The van der Waals surface area contributed by atoms with Crippen LogP contribution >= 0.6 is 11.6 Å². The number of hydrogen-bond acceptors (Lipinski definition) is 9. The van der Waals surface area contributed by atoms with Crippen molar-refractivity contribution in [3.63, 3.8) is 0 Å². The maximum Gasteiger partial charge on any atom is 0.353 e. The summed E-state index contributed by atoms with van der Waals surface area (Å²) < 4.78 is 5.12. The molecule has 2 saturated heterocycles. The molecule has 0 radical (unpaired) electrons. The fraction of sp³-hybridized carbons (Fsp3) is 0.500. The molecule has 0 aliphatic carbocycles. The zero-order valence-electron chi connectivity index (χ0n) is 18.5. The molecule has 0 unspecified atom stereocenters. The Morgan fingerprint density at radius 3 is 2.21 bits per heavy atom. The summed E-state index contributed by atoms with van der Waals surface area (Å²) in [4.78, 5) is 38.3. The van der Waals surface area contributed by atoms with Crippen LogP contribution < -0.4 is 14.7 Å². The van der Waals surface area contributed by atoms with Gasteiger partial charge in [0.2, 0.25) is 11.6 Å². The number of esters is 1. The molecule has 0 amide bonds. The third-order valence-electron chi connectivity index (χ3n) is 6.15. The summed E-state index contributed by atoms with van der Waals surface area (Å²) in [5.41, 5.74) is 0.874. The molecule has 2 aliphatic rings. The lowest BCUT2D eigenvalue weighted by Crippen LogP contribution is -2.47. The van der Waals surface area contributed by atoms with Crippen molar-refractivity contribution in [3.05, 3.63) is 45.7 Å². The molecule has 0 spiro atoms. The van der Waals surface area contributed by atoms with E-state index in [0.717, 1.165) is 5.69 Å². The van der Waals surface area contributed by atoms with Gasteiger partial charge in [-0.05, 0) is 31.9 Å². The minimum atomic E-state index is -0.400. The van der Waals surface area contributed by atoms with Crippen molar-refractivity contribution in [1.82, 2.24) is 9.97 Å². The Labute approximate surface area is 197 Å². The van der Waals surface area contributed by atoms with Gasteiger partial charge in [-0.15, -0.1) is 0 Å². The van der Waals surface area contributed by atoms with Gasteiger partial charge in [-0.2, -0.15) is 0 Å². The minimum Gasteiger partial charge on any atom is -0.466 e. The third-order valence-corrected chi connectivity index (χ3v) is 6.47. The number of carbonyl (C=O) groups excluding carboxylic acids is 1. The second kappa shape index (κ2) is 10.2. The lowest BCUT2D eigenvalue weighted by atomic mass is 9.97. The number of benzene rings is 1. The molecule has 2 aliphatic heterocycles. The topological polar surface area (TPSA) is 105 Å². The van der Waals surface area contributed by atoms with E-state index in [9.17, 15) is 14.9 Å². The van der Waals surface area contributed by atoms with Crippen molar-refractivity contribution in [3.8, 4) is 0 Å². The van der Waals surface area contributed by atoms with Gasteiger partial charge >= 0.3 is 11.7 Å². The Morgan fingerprint density at radius 2 is 1.64 bits per heavy atom. The van der Waals surface area contributed by atoms with Gasteiger partial charge in [0.25, 0.3) is 0 Å². The molecule has 2 fully saturated rings. The zero-order chi connectivity index (χ0) is 23.4. The Balaban J connectivity index is 1.49. The van der Waals surface area contributed by atoms with E-state index in [0.29, 0.717) is 75.4 Å². The first kappa shape index (κ1) is 23.0. The van der Waals surface area contributed by atoms with Crippen LogP contribution in [0, 0.1) is 16.0 Å². The summed E-state index contributed by atoms with van der Waals surface area (Å²) >= 11 is 6.33. The average Bonchev–Trinajstić information content (AvgIpc) is 2.84. The molecule has 0 N–H and O–H groups in total. The number of aromatic nitrogens is 2. The normalized spacial score (nSPS) is 17.2. The Hall–Kier alpha value is -3.14. The molecule has 176 valence electrons.